The average Bonchev–Trinajstić information content (AvgIpc) is 2.40. The second kappa shape index (κ2) is 26.4. The topological polar surface area (TPSA) is 152 Å². The van der Waals surface area contributed by atoms with Gasteiger partial charge in [0.05, 0.1) is 24.7 Å². The summed E-state index contributed by atoms with van der Waals surface area (Å²) in [7, 11) is 0. The van der Waals surface area contributed by atoms with Gasteiger partial charge in [-0.2, -0.15) is 25.3 Å². The number of aliphatic carboxylic acids is 3. The maximum atomic E-state index is 9.51. The molecular weight excluding hydrogens is 312 g/mol. The summed E-state index contributed by atoms with van der Waals surface area (Å²) >= 11 is 6.83. The van der Waals surface area contributed by atoms with Crippen LogP contribution in [0.1, 0.15) is 6.92 Å². The highest BCUT2D eigenvalue weighted by Crippen LogP contribution is 1.67. The predicted octanol–water partition coefficient (Wildman–Crippen LogP) is -0.380. The molecule has 0 aromatic rings. The molecule has 0 aliphatic heterocycles. The third-order valence-corrected chi connectivity index (χ3v) is 1.22. The molecule has 8 nitrogen and oxygen atoms in total. The van der Waals surface area contributed by atoms with Crippen LogP contribution in [0.4, 0.5) is 0 Å². The van der Waals surface area contributed by atoms with E-state index in [1.54, 1.807) is 6.92 Å². The number of carboxylic acids is 3. The SMILES string of the molecule is C/C=C/C(=O)O.O=C(O)CS.O=C(O)CS.OCCO. The van der Waals surface area contributed by atoms with Crippen LogP contribution in [0.2, 0.25) is 0 Å². The van der Waals surface area contributed by atoms with Crippen molar-refractivity contribution in [2.75, 3.05) is 24.7 Å². The van der Waals surface area contributed by atoms with Crippen molar-refractivity contribution >= 4 is 43.2 Å². The van der Waals surface area contributed by atoms with Gasteiger partial charge in [-0.3, -0.25) is 9.59 Å². The molecule has 0 unspecified atom stereocenters. The minimum atomic E-state index is -0.891. The molecule has 0 saturated carbocycles. The number of aliphatic hydroxyl groups is 2. The molecule has 0 aromatic heterocycles. The summed E-state index contributed by atoms with van der Waals surface area (Å²) < 4.78 is 0. The first kappa shape index (κ1) is 27.2. The third-order valence-electron chi connectivity index (χ3n) is 0.680. The zero-order valence-corrected chi connectivity index (χ0v) is 12.6. The predicted molar refractivity (Wildman–Crippen MR) is 79.6 cm³/mol. The lowest BCUT2D eigenvalue weighted by atomic mass is 10.5. The van der Waals surface area contributed by atoms with E-state index in [0.717, 1.165) is 6.08 Å². The van der Waals surface area contributed by atoms with Gasteiger partial charge in [-0.15, -0.1) is 0 Å². The molecule has 20 heavy (non-hydrogen) atoms. The summed E-state index contributed by atoms with van der Waals surface area (Å²) in [6, 6.07) is 0. The van der Waals surface area contributed by atoms with Crippen molar-refractivity contribution in [1.29, 1.82) is 0 Å². The van der Waals surface area contributed by atoms with E-state index in [9.17, 15) is 14.4 Å². The van der Waals surface area contributed by atoms with Gasteiger partial charge in [0.25, 0.3) is 0 Å². The lowest BCUT2D eigenvalue weighted by molar-refractivity contribution is -0.134. The molecule has 0 aromatic carbocycles. The lowest BCUT2D eigenvalue weighted by Gasteiger charge is -1.71. The Kier molecular flexibility index (Phi) is 35.8. The Morgan fingerprint density at radius 2 is 1.15 bits per heavy atom. The fraction of sp³-hybridized carbons (Fsp3) is 0.500. The van der Waals surface area contributed by atoms with E-state index < -0.39 is 17.9 Å². The van der Waals surface area contributed by atoms with E-state index in [-0.39, 0.29) is 24.7 Å². The van der Waals surface area contributed by atoms with E-state index in [1.807, 2.05) is 0 Å². The van der Waals surface area contributed by atoms with E-state index in [0.29, 0.717) is 0 Å². The number of thiol groups is 2. The highest BCUT2D eigenvalue weighted by molar-refractivity contribution is 7.81. The molecule has 0 aliphatic rings. The maximum Gasteiger partial charge on any atom is 0.327 e. The molecule has 5 N–H and O–H groups in total. The van der Waals surface area contributed by atoms with E-state index >= 15 is 0 Å². The molecule has 0 bridgehead atoms. The summed E-state index contributed by atoms with van der Waals surface area (Å²) in [4.78, 5) is 28.1. The Bertz CT molecular complexity index is 252. The van der Waals surface area contributed by atoms with Crippen molar-refractivity contribution in [3.63, 3.8) is 0 Å². The van der Waals surface area contributed by atoms with E-state index in [2.05, 4.69) is 25.3 Å². The van der Waals surface area contributed by atoms with Crippen molar-refractivity contribution in [2.45, 2.75) is 6.92 Å². The summed E-state index contributed by atoms with van der Waals surface area (Å²) in [6.45, 7) is 1.41. The van der Waals surface area contributed by atoms with E-state index in [4.69, 9.17) is 25.5 Å². The summed E-state index contributed by atoms with van der Waals surface area (Å²) in [5.74, 6) is -2.82. The van der Waals surface area contributed by atoms with Gasteiger partial charge < -0.3 is 25.5 Å². The summed E-state index contributed by atoms with van der Waals surface area (Å²) in [5, 5.41) is 38.4. The van der Waals surface area contributed by atoms with Crippen molar-refractivity contribution in [3.8, 4) is 0 Å². The van der Waals surface area contributed by atoms with Crippen LogP contribution in [0.15, 0.2) is 12.2 Å². The first-order chi connectivity index (χ1) is 9.22. The van der Waals surface area contributed by atoms with Crippen LogP contribution >= 0.6 is 25.3 Å². The second-order valence-corrected chi connectivity index (χ2v) is 3.02. The Morgan fingerprint density at radius 3 is 1.15 bits per heavy atom. The minimum absolute atomic E-state index is 0.0833. The highest BCUT2D eigenvalue weighted by Gasteiger charge is 1.82. The quantitative estimate of drug-likeness (QED) is 0.272. The van der Waals surface area contributed by atoms with Crippen LogP contribution in [0.25, 0.3) is 0 Å². The number of allylic oxidation sites excluding steroid dienone is 1. The highest BCUT2D eigenvalue weighted by atomic mass is 32.1. The number of carbonyl (C=O) groups is 3. The first-order valence-corrected chi connectivity index (χ1v) is 6.22. The molecule has 0 heterocycles. The zero-order valence-electron chi connectivity index (χ0n) is 10.8. The summed E-state index contributed by atoms with van der Waals surface area (Å²) in [6.07, 6.45) is 2.56. The van der Waals surface area contributed by atoms with Gasteiger partial charge >= 0.3 is 17.9 Å². The van der Waals surface area contributed by atoms with Crippen LogP contribution < -0.4 is 0 Å². The molecular formula is C10H20O8S2. The molecule has 0 fully saturated rings. The lowest BCUT2D eigenvalue weighted by Crippen LogP contribution is -1.92. The Hall–Kier alpha value is -1.23. The fourth-order valence-electron chi connectivity index (χ4n) is 0.143. The second-order valence-electron chi connectivity index (χ2n) is 2.39. The van der Waals surface area contributed by atoms with Gasteiger partial charge in [-0.25, -0.2) is 4.79 Å². The van der Waals surface area contributed by atoms with Crippen molar-refractivity contribution < 1.29 is 39.9 Å². The maximum absolute atomic E-state index is 9.51. The van der Waals surface area contributed by atoms with Gasteiger partial charge in [0.15, 0.2) is 0 Å². The van der Waals surface area contributed by atoms with Gasteiger partial charge in [0.1, 0.15) is 0 Å². The average molecular weight is 332 g/mol. The molecule has 0 rings (SSSR count). The van der Waals surface area contributed by atoms with Gasteiger partial charge in [-0.05, 0) is 6.92 Å². The normalized spacial score (nSPS) is 8.05. The number of carboxylic acid groups (broad SMARTS) is 3. The van der Waals surface area contributed by atoms with Gasteiger partial charge in [0, 0.05) is 6.08 Å². The Labute approximate surface area is 127 Å². The number of hydrogen-bond acceptors (Lipinski definition) is 7. The van der Waals surface area contributed by atoms with Crippen LogP contribution in [0, 0.1) is 0 Å². The largest absolute Gasteiger partial charge is 0.481 e. The van der Waals surface area contributed by atoms with Crippen molar-refractivity contribution in [2.24, 2.45) is 0 Å². The van der Waals surface area contributed by atoms with Crippen LogP contribution in [-0.2, 0) is 14.4 Å². The molecule has 0 radical (unpaired) electrons. The summed E-state index contributed by atoms with van der Waals surface area (Å²) in [5.41, 5.74) is 0. The van der Waals surface area contributed by atoms with Crippen LogP contribution in [0.3, 0.4) is 0 Å². The Balaban J connectivity index is -0.0000000862. The minimum Gasteiger partial charge on any atom is -0.481 e. The molecule has 10 heteroatoms. The molecule has 0 amide bonds. The standard InChI is InChI=1S/C4H6O2.2C2H4O2S.C2H6O2/c1-2-3-4(5)6;2*3-2(4)1-5;3-1-2-4/h2-3H,1H3,(H,5,6);2*5H,1H2,(H,3,4);3-4H,1-2H2/b3-2+;;;. The first-order valence-electron chi connectivity index (χ1n) is 4.95. The molecule has 0 spiro atoms. The number of aliphatic hydroxyl groups excluding tert-OH is 2. The zero-order chi connectivity index (χ0) is 17.0. The molecule has 0 atom stereocenters. The van der Waals surface area contributed by atoms with Crippen LogP contribution in [-0.4, -0.2) is 68.2 Å². The number of hydrogen-bond donors (Lipinski definition) is 7. The third kappa shape index (κ3) is 91.0. The molecule has 120 valence electrons. The number of rotatable bonds is 4. The van der Waals surface area contributed by atoms with Crippen LogP contribution in [0.5, 0.6) is 0 Å². The van der Waals surface area contributed by atoms with E-state index in [1.165, 1.54) is 6.08 Å². The molecule has 0 aliphatic carbocycles. The smallest absolute Gasteiger partial charge is 0.327 e. The van der Waals surface area contributed by atoms with Gasteiger partial charge in [0.2, 0.25) is 0 Å². The fourth-order valence-corrected chi connectivity index (χ4v) is 0.143. The monoisotopic (exact) mass is 332 g/mol. The van der Waals surface area contributed by atoms with Crippen molar-refractivity contribution in [3.05, 3.63) is 12.2 Å². The molecule has 0 saturated heterocycles. The van der Waals surface area contributed by atoms with Crippen molar-refractivity contribution in [1.82, 2.24) is 0 Å². The Morgan fingerprint density at radius 1 is 0.900 bits per heavy atom. The van der Waals surface area contributed by atoms with Gasteiger partial charge in [-0.1, -0.05) is 6.08 Å².